The molecule has 0 aliphatic heterocycles. The number of carbonyl (C=O) groups is 1. The standard InChI is InChI=1S/C15H18N2O3/c1-3-5-10-20-14-11-8-6-7-9-12(11)16-17-13(14)15(18)19-4-2/h6-9H,3-5,10H2,1-2H3. The first-order valence-electron chi connectivity index (χ1n) is 6.83. The first kappa shape index (κ1) is 14.2. The monoisotopic (exact) mass is 274 g/mol. The van der Waals surface area contributed by atoms with Gasteiger partial charge in [-0.1, -0.05) is 25.5 Å². The van der Waals surface area contributed by atoms with E-state index in [-0.39, 0.29) is 5.69 Å². The number of hydrogen-bond acceptors (Lipinski definition) is 5. The number of benzene rings is 1. The zero-order chi connectivity index (χ0) is 14.4. The van der Waals surface area contributed by atoms with Crippen molar-refractivity contribution in [2.45, 2.75) is 26.7 Å². The number of fused-ring (bicyclic) bond motifs is 1. The van der Waals surface area contributed by atoms with E-state index in [1.54, 1.807) is 6.92 Å². The number of carbonyl (C=O) groups excluding carboxylic acids is 1. The molecule has 0 unspecified atom stereocenters. The Kier molecular flexibility index (Phi) is 4.87. The minimum atomic E-state index is -0.503. The van der Waals surface area contributed by atoms with Gasteiger partial charge in [0.25, 0.3) is 0 Å². The van der Waals surface area contributed by atoms with Gasteiger partial charge < -0.3 is 9.47 Å². The Labute approximate surface area is 117 Å². The van der Waals surface area contributed by atoms with Crippen molar-refractivity contribution in [1.82, 2.24) is 10.2 Å². The third-order valence-electron chi connectivity index (χ3n) is 2.83. The van der Waals surface area contributed by atoms with Gasteiger partial charge in [-0.3, -0.25) is 0 Å². The summed E-state index contributed by atoms with van der Waals surface area (Å²) in [5.74, 6) is -0.0419. The molecular weight excluding hydrogens is 256 g/mol. The molecular formula is C15H18N2O3. The number of hydrogen-bond donors (Lipinski definition) is 0. The SMILES string of the molecule is CCCCOc1c(C(=O)OCC)nnc2ccccc12. The van der Waals surface area contributed by atoms with Gasteiger partial charge in [-0.15, -0.1) is 10.2 Å². The molecule has 0 amide bonds. The highest BCUT2D eigenvalue weighted by Gasteiger charge is 2.19. The second-order valence-electron chi connectivity index (χ2n) is 4.32. The smallest absolute Gasteiger partial charge is 0.362 e. The normalized spacial score (nSPS) is 10.5. The summed E-state index contributed by atoms with van der Waals surface area (Å²) >= 11 is 0. The van der Waals surface area contributed by atoms with Crippen LogP contribution in [0, 0.1) is 0 Å². The lowest BCUT2D eigenvalue weighted by Gasteiger charge is -2.11. The van der Waals surface area contributed by atoms with Crippen LogP contribution in [0.3, 0.4) is 0 Å². The van der Waals surface area contributed by atoms with E-state index in [4.69, 9.17) is 9.47 Å². The van der Waals surface area contributed by atoms with Gasteiger partial charge in [0.05, 0.1) is 18.7 Å². The third-order valence-corrected chi connectivity index (χ3v) is 2.83. The van der Waals surface area contributed by atoms with Crippen molar-refractivity contribution < 1.29 is 14.3 Å². The van der Waals surface area contributed by atoms with E-state index in [0.29, 0.717) is 24.5 Å². The summed E-state index contributed by atoms with van der Waals surface area (Å²) in [7, 11) is 0. The Morgan fingerprint density at radius 3 is 2.75 bits per heavy atom. The van der Waals surface area contributed by atoms with E-state index in [2.05, 4.69) is 17.1 Å². The fourth-order valence-electron chi connectivity index (χ4n) is 1.83. The van der Waals surface area contributed by atoms with Crippen LogP contribution in [0.15, 0.2) is 24.3 Å². The molecule has 5 nitrogen and oxygen atoms in total. The van der Waals surface area contributed by atoms with E-state index in [0.717, 1.165) is 18.2 Å². The molecule has 0 bridgehead atoms. The second kappa shape index (κ2) is 6.84. The first-order chi connectivity index (χ1) is 9.77. The van der Waals surface area contributed by atoms with E-state index in [1.807, 2.05) is 24.3 Å². The zero-order valence-corrected chi connectivity index (χ0v) is 11.8. The minimum Gasteiger partial charge on any atom is -0.490 e. The predicted octanol–water partition coefficient (Wildman–Crippen LogP) is 2.99. The van der Waals surface area contributed by atoms with Gasteiger partial charge >= 0.3 is 5.97 Å². The van der Waals surface area contributed by atoms with Crippen molar-refractivity contribution in [3.8, 4) is 5.75 Å². The fraction of sp³-hybridized carbons (Fsp3) is 0.400. The van der Waals surface area contributed by atoms with E-state index < -0.39 is 5.97 Å². The number of unbranched alkanes of at least 4 members (excludes halogenated alkanes) is 1. The van der Waals surface area contributed by atoms with Crippen LogP contribution in [0.2, 0.25) is 0 Å². The van der Waals surface area contributed by atoms with Gasteiger partial charge in [-0.25, -0.2) is 4.79 Å². The molecule has 0 saturated carbocycles. The van der Waals surface area contributed by atoms with Crippen LogP contribution in [-0.2, 0) is 4.74 Å². The summed E-state index contributed by atoms with van der Waals surface area (Å²) in [5.41, 5.74) is 0.841. The van der Waals surface area contributed by atoms with Crippen LogP contribution in [0.5, 0.6) is 5.75 Å². The number of rotatable bonds is 6. The Morgan fingerprint density at radius 2 is 2.00 bits per heavy atom. The van der Waals surface area contributed by atoms with Gasteiger partial charge in [0, 0.05) is 5.39 Å². The Balaban J connectivity index is 2.44. The highest BCUT2D eigenvalue weighted by atomic mass is 16.5. The maximum Gasteiger partial charge on any atom is 0.362 e. The number of ether oxygens (including phenoxy) is 2. The fourth-order valence-corrected chi connectivity index (χ4v) is 1.83. The molecule has 0 aliphatic carbocycles. The molecule has 1 aromatic heterocycles. The molecule has 0 saturated heterocycles. The van der Waals surface area contributed by atoms with Crippen molar-refractivity contribution in [2.24, 2.45) is 0 Å². The summed E-state index contributed by atoms with van der Waals surface area (Å²) in [6, 6.07) is 7.46. The molecule has 0 atom stereocenters. The molecule has 0 spiro atoms. The Morgan fingerprint density at radius 1 is 1.20 bits per heavy atom. The molecule has 1 heterocycles. The zero-order valence-electron chi connectivity index (χ0n) is 11.8. The molecule has 20 heavy (non-hydrogen) atoms. The van der Waals surface area contributed by atoms with Gasteiger partial charge in [0.15, 0.2) is 5.75 Å². The van der Waals surface area contributed by atoms with Crippen molar-refractivity contribution in [3.05, 3.63) is 30.0 Å². The van der Waals surface area contributed by atoms with Crippen LogP contribution in [0.1, 0.15) is 37.2 Å². The molecule has 5 heteroatoms. The average Bonchev–Trinajstić information content (AvgIpc) is 2.47. The summed E-state index contributed by atoms with van der Waals surface area (Å²) in [4.78, 5) is 11.9. The number of esters is 1. The lowest BCUT2D eigenvalue weighted by molar-refractivity contribution is 0.0513. The van der Waals surface area contributed by atoms with Crippen LogP contribution in [0.25, 0.3) is 10.9 Å². The largest absolute Gasteiger partial charge is 0.490 e. The lowest BCUT2D eigenvalue weighted by atomic mass is 10.2. The maximum atomic E-state index is 11.9. The van der Waals surface area contributed by atoms with Crippen molar-refractivity contribution >= 4 is 16.9 Å². The molecule has 0 N–H and O–H groups in total. The van der Waals surface area contributed by atoms with Crippen molar-refractivity contribution in [2.75, 3.05) is 13.2 Å². The highest BCUT2D eigenvalue weighted by Crippen LogP contribution is 2.27. The van der Waals surface area contributed by atoms with Crippen molar-refractivity contribution in [1.29, 1.82) is 0 Å². The predicted molar refractivity (Wildman–Crippen MR) is 75.9 cm³/mol. The molecule has 2 aromatic rings. The van der Waals surface area contributed by atoms with Crippen LogP contribution in [-0.4, -0.2) is 29.4 Å². The number of nitrogens with zero attached hydrogens (tertiary/aromatic N) is 2. The molecule has 106 valence electrons. The highest BCUT2D eigenvalue weighted by molar-refractivity contribution is 5.97. The second-order valence-corrected chi connectivity index (χ2v) is 4.32. The van der Waals surface area contributed by atoms with Gasteiger partial charge in [0.1, 0.15) is 0 Å². The quantitative estimate of drug-likeness (QED) is 0.598. The lowest BCUT2D eigenvalue weighted by Crippen LogP contribution is -2.12. The average molecular weight is 274 g/mol. The van der Waals surface area contributed by atoms with Crippen molar-refractivity contribution in [3.63, 3.8) is 0 Å². The molecule has 2 rings (SSSR count). The van der Waals surface area contributed by atoms with E-state index >= 15 is 0 Å². The van der Waals surface area contributed by atoms with Gasteiger partial charge in [-0.05, 0) is 25.5 Å². The Bertz CT molecular complexity index is 599. The topological polar surface area (TPSA) is 61.3 Å². The van der Waals surface area contributed by atoms with Gasteiger partial charge in [-0.2, -0.15) is 0 Å². The summed E-state index contributed by atoms with van der Waals surface area (Å²) in [6.07, 6.45) is 1.93. The van der Waals surface area contributed by atoms with Crippen LogP contribution in [0.4, 0.5) is 0 Å². The molecule has 0 aliphatic rings. The third kappa shape index (κ3) is 3.04. The maximum absolute atomic E-state index is 11.9. The van der Waals surface area contributed by atoms with Gasteiger partial charge in [0.2, 0.25) is 5.69 Å². The van der Waals surface area contributed by atoms with E-state index in [9.17, 15) is 4.79 Å². The Hall–Kier alpha value is -2.17. The summed E-state index contributed by atoms with van der Waals surface area (Å²) < 4.78 is 10.8. The van der Waals surface area contributed by atoms with Crippen LogP contribution >= 0.6 is 0 Å². The first-order valence-corrected chi connectivity index (χ1v) is 6.83. The minimum absolute atomic E-state index is 0.140. The molecule has 0 radical (unpaired) electrons. The van der Waals surface area contributed by atoms with Crippen LogP contribution < -0.4 is 4.74 Å². The summed E-state index contributed by atoms with van der Waals surface area (Å²) in [6.45, 7) is 4.67. The summed E-state index contributed by atoms with van der Waals surface area (Å²) in [5, 5.41) is 8.78. The number of aromatic nitrogens is 2. The molecule has 0 fully saturated rings. The van der Waals surface area contributed by atoms with E-state index in [1.165, 1.54) is 0 Å². The molecule has 1 aromatic carbocycles.